The van der Waals surface area contributed by atoms with E-state index >= 15 is 0 Å². The van der Waals surface area contributed by atoms with Crippen LogP contribution in [0.1, 0.15) is 12.8 Å². The van der Waals surface area contributed by atoms with Gasteiger partial charge >= 0.3 is 0 Å². The highest BCUT2D eigenvalue weighted by molar-refractivity contribution is 5.88. The van der Waals surface area contributed by atoms with Gasteiger partial charge in [-0.15, -0.1) is 0 Å². The lowest BCUT2D eigenvalue weighted by Gasteiger charge is -2.14. The van der Waals surface area contributed by atoms with Gasteiger partial charge in [0.05, 0.1) is 0 Å². The number of nitrogens with zero attached hydrogens (tertiary/aromatic N) is 1. The fourth-order valence-electron chi connectivity index (χ4n) is 0.614. The first-order chi connectivity index (χ1) is 3.72. The molecule has 5 heteroatoms. The van der Waals surface area contributed by atoms with Crippen LogP contribution in [-0.4, -0.2) is 16.7 Å². The molecular weight excluding hydrogens is 124 g/mol. The number of ketones is 1. The molecule has 9 heavy (non-hydrogen) atoms. The van der Waals surface area contributed by atoms with Crippen LogP contribution in [0.2, 0.25) is 0 Å². The van der Waals surface area contributed by atoms with E-state index in [1.165, 1.54) is 0 Å². The van der Waals surface area contributed by atoms with Gasteiger partial charge in [0.25, 0.3) is 6.04 Å². The topological polar surface area (TPSA) is 95.2 Å². The summed E-state index contributed by atoms with van der Waals surface area (Å²) in [4.78, 5) is 19.5. The van der Waals surface area contributed by atoms with E-state index in [-0.39, 0.29) is 11.9 Å². The Kier molecular flexibility index (Phi) is 2.27. The monoisotopic (exact) mass is 132 g/mol. The third-order valence-electron chi connectivity index (χ3n) is 1.29. The highest BCUT2D eigenvalue weighted by Gasteiger charge is 2.38. The van der Waals surface area contributed by atoms with Crippen LogP contribution in [0.5, 0.6) is 0 Å². The number of carbonyl (C=O) groups is 1. The van der Waals surface area contributed by atoms with E-state index in [4.69, 9.17) is 0 Å². The van der Waals surface area contributed by atoms with Crippen molar-refractivity contribution < 1.29 is 9.72 Å². The quantitative estimate of drug-likeness (QED) is 0.406. The predicted molar refractivity (Wildman–Crippen MR) is 30.0 cm³/mol. The summed E-state index contributed by atoms with van der Waals surface area (Å²) in [5, 5.41) is 9.78. The summed E-state index contributed by atoms with van der Waals surface area (Å²) in [5.74, 6) is -0.227. The lowest BCUT2D eigenvalue weighted by molar-refractivity contribution is -0.514. The Morgan fingerprint density at radius 1 is 1.67 bits per heavy atom. The van der Waals surface area contributed by atoms with Crippen molar-refractivity contribution in [1.82, 2.24) is 6.15 Å². The van der Waals surface area contributed by atoms with Crippen molar-refractivity contribution >= 4 is 5.78 Å². The molecule has 1 rings (SSSR count). The van der Waals surface area contributed by atoms with Gasteiger partial charge in [0, 0.05) is 17.8 Å². The average Bonchev–Trinajstić information content (AvgIpc) is 1.61. The lowest BCUT2D eigenvalue weighted by Crippen LogP contribution is -2.38. The zero-order valence-electron chi connectivity index (χ0n) is 4.87. The highest BCUT2D eigenvalue weighted by Crippen LogP contribution is 2.16. The minimum atomic E-state index is -0.866. The summed E-state index contributed by atoms with van der Waals surface area (Å²) in [5.41, 5.74) is 0. The van der Waals surface area contributed by atoms with Crippen LogP contribution in [0.25, 0.3) is 0 Å². The summed E-state index contributed by atoms with van der Waals surface area (Å²) in [7, 11) is 0. The van der Waals surface area contributed by atoms with E-state index in [0.717, 1.165) is 0 Å². The van der Waals surface area contributed by atoms with Crippen LogP contribution in [-0.2, 0) is 4.79 Å². The number of nitro groups is 1. The van der Waals surface area contributed by atoms with Gasteiger partial charge in [0.15, 0.2) is 0 Å². The Bertz CT molecular complexity index is 137. The molecule has 1 fully saturated rings. The molecular formula is C4H8N2O3. The van der Waals surface area contributed by atoms with Crippen molar-refractivity contribution in [2.24, 2.45) is 0 Å². The Balaban J connectivity index is 0.000000640. The van der Waals surface area contributed by atoms with Gasteiger partial charge in [0.1, 0.15) is 0 Å². The number of carbonyl (C=O) groups excluding carboxylic acids is 1. The molecule has 0 heterocycles. The normalized spacial score (nSPS) is 24.0. The van der Waals surface area contributed by atoms with Gasteiger partial charge in [-0.05, 0) is 0 Å². The zero-order valence-corrected chi connectivity index (χ0v) is 4.87. The van der Waals surface area contributed by atoms with Crippen LogP contribution in [0.3, 0.4) is 0 Å². The van der Waals surface area contributed by atoms with Crippen molar-refractivity contribution in [3.05, 3.63) is 10.1 Å². The summed E-state index contributed by atoms with van der Waals surface area (Å²) >= 11 is 0. The molecule has 52 valence electrons. The van der Waals surface area contributed by atoms with Crippen molar-refractivity contribution in [2.45, 2.75) is 18.9 Å². The third kappa shape index (κ3) is 1.23. The van der Waals surface area contributed by atoms with E-state index in [1.54, 1.807) is 0 Å². The van der Waals surface area contributed by atoms with E-state index in [1.807, 2.05) is 0 Å². The summed E-state index contributed by atoms with van der Waals surface area (Å²) in [6, 6.07) is -0.866. The van der Waals surface area contributed by atoms with Crippen LogP contribution in [0, 0.1) is 10.1 Å². The second-order valence-corrected chi connectivity index (χ2v) is 1.81. The summed E-state index contributed by atoms with van der Waals surface area (Å²) in [6.07, 6.45) is 0.831. The highest BCUT2D eigenvalue weighted by atomic mass is 16.6. The molecule has 0 spiro atoms. The first-order valence-corrected chi connectivity index (χ1v) is 2.38. The van der Waals surface area contributed by atoms with Gasteiger partial charge in [-0.2, -0.15) is 0 Å². The average molecular weight is 132 g/mol. The van der Waals surface area contributed by atoms with Crippen LogP contribution >= 0.6 is 0 Å². The zero-order chi connectivity index (χ0) is 6.15. The molecule has 0 aromatic carbocycles. The molecule has 0 bridgehead atoms. The van der Waals surface area contributed by atoms with E-state index in [0.29, 0.717) is 12.8 Å². The first kappa shape index (κ1) is 8.03. The van der Waals surface area contributed by atoms with Crippen molar-refractivity contribution in [3.8, 4) is 0 Å². The Morgan fingerprint density at radius 3 is 2.22 bits per heavy atom. The van der Waals surface area contributed by atoms with Crippen LogP contribution < -0.4 is 6.15 Å². The molecule has 0 amide bonds. The van der Waals surface area contributed by atoms with E-state index in [2.05, 4.69) is 0 Å². The van der Waals surface area contributed by atoms with E-state index < -0.39 is 11.0 Å². The maximum Gasteiger partial charge on any atom is 0.270 e. The molecule has 5 nitrogen and oxygen atoms in total. The van der Waals surface area contributed by atoms with Gasteiger partial charge in [0.2, 0.25) is 5.78 Å². The van der Waals surface area contributed by atoms with Gasteiger partial charge < -0.3 is 6.15 Å². The molecule has 0 saturated heterocycles. The predicted octanol–water partition coefficient (Wildman–Crippen LogP) is 0.157. The number of hydrogen-bond acceptors (Lipinski definition) is 4. The molecule has 0 aliphatic heterocycles. The molecule has 1 aliphatic rings. The maximum atomic E-state index is 10.2. The molecule has 0 aromatic heterocycles. The number of Topliss-reactive ketones (excluding diaryl/α,β-unsaturated/α-hetero) is 1. The first-order valence-electron chi connectivity index (χ1n) is 2.38. The van der Waals surface area contributed by atoms with Gasteiger partial charge in [-0.25, -0.2) is 0 Å². The lowest BCUT2D eigenvalue weighted by atomic mass is 9.92. The van der Waals surface area contributed by atoms with Crippen LogP contribution in [0.4, 0.5) is 0 Å². The molecule has 1 aliphatic carbocycles. The van der Waals surface area contributed by atoms with Crippen molar-refractivity contribution in [3.63, 3.8) is 0 Å². The maximum absolute atomic E-state index is 10.2. The third-order valence-corrected chi connectivity index (χ3v) is 1.29. The summed E-state index contributed by atoms with van der Waals surface area (Å²) < 4.78 is 0. The van der Waals surface area contributed by atoms with Gasteiger partial charge in [-0.3, -0.25) is 14.9 Å². The van der Waals surface area contributed by atoms with E-state index in [9.17, 15) is 14.9 Å². The molecule has 1 atom stereocenters. The SMILES string of the molecule is N.O=C1CCC1[N+](=O)[O-]. The molecule has 3 N–H and O–H groups in total. The smallest absolute Gasteiger partial charge is 0.270 e. The standard InChI is InChI=1S/C4H5NO3.H3N/c6-4-2-1-3(4)5(7)8;/h3H,1-2H2;1H3. The Labute approximate surface area is 51.8 Å². The summed E-state index contributed by atoms with van der Waals surface area (Å²) in [6.45, 7) is 0. The minimum absolute atomic E-state index is 0. The largest absolute Gasteiger partial charge is 0.344 e. The molecule has 0 radical (unpaired) electrons. The fraction of sp³-hybridized carbons (Fsp3) is 0.750. The molecule has 1 saturated carbocycles. The number of hydrogen-bond donors (Lipinski definition) is 1. The Hall–Kier alpha value is -0.970. The fourth-order valence-corrected chi connectivity index (χ4v) is 0.614. The second-order valence-electron chi connectivity index (χ2n) is 1.81. The molecule has 0 aromatic rings. The second kappa shape index (κ2) is 2.54. The number of rotatable bonds is 1. The van der Waals surface area contributed by atoms with Crippen molar-refractivity contribution in [1.29, 1.82) is 0 Å². The minimum Gasteiger partial charge on any atom is -0.344 e. The Morgan fingerprint density at radius 2 is 2.22 bits per heavy atom. The van der Waals surface area contributed by atoms with Crippen LogP contribution in [0.15, 0.2) is 0 Å². The van der Waals surface area contributed by atoms with Crippen molar-refractivity contribution in [2.75, 3.05) is 0 Å². The molecule has 1 unspecified atom stereocenters. The van der Waals surface area contributed by atoms with Gasteiger partial charge in [-0.1, -0.05) is 0 Å².